The summed E-state index contributed by atoms with van der Waals surface area (Å²) >= 11 is 24.4. The van der Waals surface area contributed by atoms with Gasteiger partial charge >= 0.3 is 12.1 Å². The summed E-state index contributed by atoms with van der Waals surface area (Å²) in [5.74, 6) is -1.05. The summed E-state index contributed by atoms with van der Waals surface area (Å²) in [5, 5.41) is 15.9. The number of nitrogens with one attached hydrogen (secondary N) is 2. The van der Waals surface area contributed by atoms with Gasteiger partial charge in [-0.2, -0.15) is 0 Å². The zero-order valence-corrected chi connectivity index (χ0v) is 34.3. The van der Waals surface area contributed by atoms with E-state index in [2.05, 4.69) is 30.4 Å². The van der Waals surface area contributed by atoms with Gasteiger partial charge in [-0.15, -0.1) is 0 Å². The molecule has 0 saturated carbocycles. The number of aliphatic hydroxyl groups is 1. The number of rotatable bonds is 9. The molecule has 0 atom stereocenters. The van der Waals surface area contributed by atoms with E-state index in [4.69, 9.17) is 51.1 Å². The maximum absolute atomic E-state index is 13.3. The minimum atomic E-state index is -0.530. The Kier molecular flexibility index (Phi) is 16.6. The van der Waals surface area contributed by atoms with Crippen LogP contribution in [0.4, 0.5) is 41.1 Å². The first-order valence-corrected chi connectivity index (χ1v) is 19.9. The van der Waals surface area contributed by atoms with E-state index in [1.807, 2.05) is 6.20 Å². The van der Waals surface area contributed by atoms with E-state index in [0.29, 0.717) is 80.1 Å². The Morgan fingerprint density at radius 3 is 1.54 bits per heavy atom. The van der Waals surface area contributed by atoms with E-state index in [1.54, 1.807) is 35.5 Å². The molecule has 2 aromatic heterocycles. The molecule has 0 aliphatic carbocycles. The van der Waals surface area contributed by atoms with E-state index in [1.165, 1.54) is 36.4 Å². The lowest BCUT2D eigenvalue weighted by molar-refractivity contribution is 0.202. The predicted octanol–water partition coefficient (Wildman–Crippen LogP) is 8.27. The third-order valence-corrected chi connectivity index (χ3v) is 10.5. The van der Waals surface area contributed by atoms with Gasteiger partial charge in [0.05, 0.1) is 38.1 Å². The lowest BCUT2D eigenvalue weighted by Crippen LogP contribution is -2.38. The number of urea groups is 2. The van der Waals surface area contributed by atoms with Gasteiger partial charge in [0.2, 0.25) is 0 Å². The number of hydrogen-bond donors (Lipinski definition) is 3. The Morgan fingerprint density at radius 1 is 0.667 bits per heavy atom. The average Bonchev–Trinajstić information content (AvgIpc) is 3.59. The van der Waals surface area contributed by atoms with Gasteiger partial charge in [-0.05, 0) is 73.2 Å². The van der Waals surface area contributed by atoms with Crippen LogP contribution in [-0.4, -0.2) is 110 Å². The van der Waals surface area contributed by atoms with Crippen LogP contribution in [0.25, 0.3) is 0 Å². The summed E-state index contributed by atoms with van der Waals surface area (Å²) in [6, 6.07) is 7.69. The molecule has 6 rings (SSSR count). The van der Waals surface area contributed by atoms with Gasteiger partial charge in [-0.1, -0.05) is 46.4 Å². The Hall–Kier alpha value is -4.18. The van der Waals surface area contributed by atoms with Crippen molar-refractivity contribution >= 4 is 81.2 Å². The van der Waals surface area contributed by atoms with E-state index in [9.17, 15) is 23.5 Å². The third kappa shape index (κ3) is 12.2. The van der Waals surface area contributed by atoms with Gasteiger partial charge in [0.1, 0.15) is 11.6 Å². The van der Waals surface area contributed by atoms with Crippen molar-refractivity contribution in [1.29, 1.82) is 0 Å². The average molecular weight is 869 g/mol. The van der Waals surface area contributed by atoms with Crippen molar-refractivity contribution in [3.8, 4) is 0 Å². The summed E-state index contributed by atoms with van der Waals surface area (Å²) in [4.78, 5) is 41.3. The summed E-state index contributed by atoms with van der Waals surface area (Å²) in [5.41, 5.74) is 4.62. The standard InChI is InChI=1S/C20H23Cl2FN4O2.C19H21Cl2FN4O2/c1-29-10-5-14-12-24-13-17(22)19(14)26-6-2-7-27(9-8-26)20(28)25-15-3-4-18(23)16(21)11-15;20-15-10-14(2-3-17(15)22)24-19(28)26-6-1-5-25(7-8-26)18-13(4-9-27)11-23-12-16(18)21/h3-4,11-13H,2,5-10H2,1H3,(H,25,28);2-3,10-12,27H,1,4-9H2,(H,24,28). The number of aromatic nitrogens is 2. The Morgan fingerprint density at radius 2 is 1.12 bits per heavy atom. The fraction of sp³-hybridized carbons (Fsp3) is 0.385. The molecule has 12 nitrogen and oxygen atoms in total. The maximum atomic E-state index is 13.3. The van der Waals surface area contributed by atoms with E-state index < -0.39 is 11.6 Å². The number of carbonyl (C=O) groups is 2. The van der Waals surface area contributed by atoms with Crippen molar-refractivity contribution in [1.82, 2.24) is 19.8 Å². The van der Waals surface area contributed by atoms with Crippen molar-refractivity contribution in [2.45, 2.75) is 25.7 Å². The van der Waals surface area contributed by atoms with Crippen molar-refractivity contribution in [2.75, 3.05) is 93.1 Å². The molecule has 4 heterocycles. The summed E-state index contributed by atoms with van der Waals surface area (Å²) < 4.78 is 31.8. The summed E-state index contributed by atoms with van der Waals surface area (Å²) in [6.45, 7) is 5.55. The molecule has 2 saturated heterocycles. The number of halogens is 6. The minimum absolute atomic E-state index is 0.0115. The fourth-order valence-corrected chi connectivity index (χ4v) is 7.54. The number of anilines is 4. The molecule has 3 N–H and O–H groups in total. The molecular formula is C39H44Cl4F2N8O4. The van der Waals surface area contributed by atoms with E-state index in [-0.39, 0.29) is 28.7 Å². The summed E-state index contributed by atoms with van der Waals surface area (Å²) in [7, 11) is 1.66. The maximum Gasteiger partial charge on any atom is 0.321 e. The first-order chi connectivity index (χ1) is 27.5. The Labute approximate surface area is 350 Å². The smallest absolute Gasteiger partial charge is 0.321 e. The van der Waals surface area contributed by atoms with E-state index >= 15 is 0 Å². The number of carbonyl (C=O) groups excluding carboxylic acids is 2. The number of hydrogen-bond acceptors (Lipinski definition) is 8. The van der Waals surface area contributed by atoms with Crippen LogP contribution in [0.15, 0.2) is 61.2 Å². The number of aliphatic hydroxyl groups excluding tert-OH is 1. The van der Waals surface area contributed by atoms with Crippen LogP contribution in [0, 0.1) is 11.6 Å². The molecule has 18 heteroatoms. The number of amides is 4. The van der Waals surface area contributed by atoms with Crippen LogP contribution in [-0.2, 0) is 17.6 Å². The zero-order valence-electron chi connectivity index (χ0n) is 31.3. The van der Waals surface area contributed by atoms with Gasteiger partial charge < -0.3 is 40.1 Å². The SMILES string of the molecule is COCCc1cncc(Cl)c1N1CCCN(C(=O)Nc2ccc(F)c(Cl)c2)CC1.O=C(Nc1ccc(F)c(Cl)c1)N1CCCN(c2c(Cl)cncc2CCO)CC1. The van der Waals surface area contributed by atoms with Crippen LogP contribution < -0.4 is 20.4 Å². The largest absolute Gasteiger partial charge is 0.396 e. The monoisotopic (exact) mass is 866 g/mol. The lowest BCUT2D eigenvalue weighted by Gasteiger charge is -2.26. The molecule has 0 unspecified atom stereocenters. The van der Waals surface area contributed by atoms with Crippen LogP contribution in [0.2, 0.25) is 20.1 Å². The predicted molar refractivity (Wildman–Crippen MR) is 223 cm³/mol. The molecule has 57 heavy (non-hydrogen) atoms. The first kappa shape index (κ1) is 43.9. The second kappa shape index (κ2) is 21.5. The molecule has 0 bridgehead atoms. The fourth-order valence-electron chi connectivity index (χ4n) is 6.58. The highest BCUT2D eigenvalue weighted by atomic mass is 35.5. The van der Waals surface area contributed by atoms with Gasteiger partial charge in [0.25, 0.3) is 0 Å². The zero-order chi connectivity index (χ0) is 40.9. The van der Waals surface area contributed by atoms with Crippen molar-refractivity contribution in [3.63, 3.8) is 0 Å². The minimum Gasteiger partial charge on any atom is -0.396 e. The Bertz CT molecular complexity index is 2000. The number of ether oxygens (including phenoxy) is 1. The molecule has 2 aliphatic heterocycles. The highest BCUT2D eigenvalue weighted by Crippen LogP contribution is 2.32. The quantitative estimate of drug-likeness (QED) is 0.154. The number of nitrogens with zero attached hydrogens (tertiary/aromatic N) is 6. The number of benzene rings is 2. The molecular weight excluding hydrogens is 824 g/mol. The van der Waals surface area contributed by atoms with Gasteiger partial charge in [-0.25, -0.2) is 18.4 Å². The molecule has 306 valence electrons. The highest BCUT2D eigenvalue weighted by Gasteiger charge is 2.24. The van der Waals surface area contributed by atoms with Crippen LogP contribution in [0.1, 0.15) is 24.0 Å². The Balaban J connectivity index is 0.000000218. The second-order valence-electron chi connectivity index (χ2n) is 13.2. The summed E-state index contributed by atoms with van der Waals surface area (Å²) in [6.07, 6.45) is 9.49. The third-order valence-electron chi connectivity index (χ3n) is 9.39. The molecule has 0 spiro atoms. The van der Waals surface area contributed by atoms with Crippen LogP contribution >= 0.6 is 46.4 Å². The van der Waals surface area contributed by atoms with Crippen molar-refractivity contribution < 1.29 is 28.2 Å². The first-order valence-electron chi connectivity index (χ1n) is 18.4. The van der Waals surface area contributed by atoms with Gasteiger partial charge in [-0.3, -0.25) is 9.97 Å². The van der Waals surface area contributed by atoms with Gasteiger partial charge in [0.15, 0.2) is 0 Å². The van der Waals surface area contributed by atoms with Crippen molar-refractivity contribution in [2.24, 2.45) is 0 Å². The van der Waals surface area contributed by atoms with Crippen LogP contribution in [0.5, 0.6) is 0 Å². The normalized spacial score (nSPS) is 14.7. The second-order valence-corrected chi connectivity index (χ2v) is 14.9. The number of pyridine rings is 2. The molecule has 2 fully saturated rings. The lowest BCUT2D eigenvalue weighted by atomic mass is 10.1. The molecule has 4 amide bonds. The van der Waals surface area contributed by atoms with E-state index in [0.717, 1.165) is 48.4 Å². The van der Waals surface area contributed by atoms with Crippen LogP contribution in [0.3, 0.4) is 0 Å². The molecule has 4 aromatic rings. The molecule has 0 radical (unpaired) electrons. The highest BCUT2D eigenvalue weighted by molar-refractivity contribution is 6.33. The number of methoxy groups -OCH3 is 1. The molecule has 2 aliphatic rings. The van der Waals surface area contributed by atoms with Crippen molar-refractivity contribution in [3.05, 3.63) is 104 Å². The topological polar surface area (TPSA) is 126 Å². The molecule has 2 aromatic carbocycles. The van der Waals surface area contributed by atoms with Gasteiger partial charge in [0, 0.05) is 102 Å².